The summed E-state index contributed by atoms with van der Waals surface area (Å²) in [6.45, 7) is 4.27. The molecule has 1 N–H and O–H groups in total. The molecule has 0 radical (unpaired) electrons. The molecule has 0 saturated heterocycles. The number of carbonyl (C=O) groups is 1. The quantitative estimate of drug-likeness (QED) is 0.568. The van der Waals surface area contributed by atoms with Gasteiger partial charge < -0.3 is 10.1 Å². The molecule has 0 unspecified atom stereocenters. The second-order valence-corrected chi connectivity index (χ2v) is 9.28. The number of carbonyl (C=O) groups excluding carboxylic acids is 1. The fourth-order valence-electron chi connectivity index (χ4n) is 3.29. The van der Waals surface area contributed by atoms with Gasteiger partial charge in [0.05, 0.1) is 24.1 Å². The van der Waals surface area contributed by atoms with E-state index >= 15 is 0 Å². The van der Waals surface area contributed by atoms with Crippen LogP contribution in [0.15, 0.2) is 36.4 Å². The predicted octanol–water partition coefficient (Wildman–Crippen LogP) is 4.66. The van der Waals surface area contributed by atoms with Crippen molar-refractivity contribution >= 4 is 38.9 Å². The molecule has 0 bridgehead atoms. The van der Waals surface area contributed by atoms with E-state index in [0.717, 1.165) is 35.9 Å². The van der Waals surface area contributed by atoms with E-state index in [2.05, 4.69) is 5.32 Å². The molecule has 8 heteroatoms. The number of aryl methyl sites for hydroxylation is 2. The maximum Gasteiger partial charge on any atom is 0.232 e. The largest absolute Gasteiger partial charge is 0.495 e. The minimum Gasteiger partial charge on any atom is -0.495 e. The van der Waals surface area contributed by atoms with Crippen molar-refractivity contribution in [2.45, 2.75) is 39.5 Å². The fourth-order valence-corrected chi connectivity index (χ4v) is 4.49. The number of nitrogens with one attached hydrogen (secondary N) is 1. The van der Waals surface area contributed by atoms with Gasteiger partial charge in [-0.05, 0) is 48.6 Å². The summed E-state index contributed by atoms with van der Waals surface area (Å²) in [5.41, 5.74) is 3.49. The van der Waals surface area contributed by atoms with Crippen LogP contribution in [0.2, 0.25) is 5.02 Å². The van der Waals surface area contributed by atoms with Crippen molar-refractivity contribution in [3.8, 4) is 5.75 Å². The molecular weight excluding hydrogens is 424 g/mol. The third-order valence-electron chi connectivity index (χ3n) is 4.85. The molecule has 0 spiro atoms. The van der Waals surface area contributed by atoms with Gasteiger partial charge in [-0.15, -0.1) is 0 Å². The van der Waals surface area contributed by atoms with Gasteiger partial charge in [-0.25, -0.2) is 8.42 Å². The smallest absolute Gasteiger partial charge is 0.232 e. The van der Waals surface area contributed by atoms with Crippen molar-refractivity contribution in [3.63, 3.8) is 0 Å². The van der Waals surface area contributed by atoms with Gasteiger partial charge in [0.15, 0.2) is 0 Å². The predicted molar refractivity (Wildman–Crippen MR) is 123 cm³/mol. The summed E-state index contributed by atoms with van der Waals surface area (Å²) in [6.07, 6.45) is 3.36. The lowest BCUT2D eigenvalue weighted by Crippen LogP contribution is -2.31. The average molecular weight is 453 g/mol. The van der Waals surface area contributed by atoms with Crippen LogP contribution in [-0.4, -0.2) is 34.2 Å². The Morgan fingerprint density at radius 1 is 1.13 bits per heavy atom. The molecule has 2 aromatic carbocycles. The van der Waals surface area contributed by atoms with Crippen LogP contribution < -0.4 is 14.4 Å². The van der Waals surface area contributed by atoms with Crippen molar-refractivity contribution in [2.75, 3.05) is 29.5 Å². The lowest BCUT2D eigenvalue weighted by Gasteiger charge is -2.23. The number of nitrogens with zero attached hydrogens (tertiary/aromatic N) is 1. The lowest BCUT2D eigenvalue weighted by atomic mass is 10.0. The molecule has 1 amide bonds. The van der Waals surface area contributed by atoms with Gasteiger partial charge >= 0.3 is 0 Å². The summed E-state index contributed by atoms with van der Waals surface area (Å²) in [7, 11) is -2.04. The van der Waals surface area contributed by atoms with Crippen LogP contribution in [-0.2, 0) is 27.7 Å². The Balaban J connectivity index is 2.08. The SMILES string of the molecule is CCc1cccc(CC)c1NC(=O)CCCN(c1ccc(OC)c(Cl)c1)S(C)(=O)=O. The summed E-state index contributed by atoms with van der Waals surface area (Å²) >= 11 is 6.14. The van der Waals surface area contributed by atoms with Gasteiger partial charge in [-0.2, -0.15) is 0 Å². The van der Waals surface area contributed by atoms with E-state index in [1.165, 1.54) is 11.4 Å². The maximum atomic E-state index is 12.5. The number of methoxy groups -OCH3 is 1. The zero-order valence-electron chi connectivity index (χ0n) is 17.9. The first-order chi connectivity index (χ1) is 14.2. The van der Waals surface area contributed by atoms with Crippen LogP contribution in [0.3, 0.4) is 0 Å². The van der Waals surface area contributed by atoms with Gasteiger partial charge in [0.1, 0.15) is 5.75 Å². The first kappa shape index (κ1) is 24.0. The molecule has 6 nitrogen and oxygen atoms in total. The number of ether oxygens (including phenoxy) is 1. The van der Waals surface area contributed by atoms with Crippen molar-refractivity contribution in [3.05, 3.63) is 52.5 Å². The molecule has 0 fully saturated rings. The van der Waals surface area contributed by atoms with Crippen LogP contribution >= 0.6 is 11.6 Å². The Morgan fingerprint density at radius 3 is 2.27 bits per heavy atom. The molecule has 0 atom stereocenters. The molecule has 30 heavy (non-hydrogen) atoms. The topological polar surface area (TPSA) is 75.7 Å². The molecule has 0 aliphatic heterocycles. The fraction of sp³-hybridized carbons (Fsp3) is 0.409. The number of hydrogen-bond donors (Lipinski definition) is 1. The summed E-state index contributed by atoms with van der Waals surface area (Å²) in [4.78, 5) is 12.5. The number of hydrogen-bond acceptors (Lipinski definition) is 4. The maximum absolute atomic E-state index is 12.5. The summed E-state index contributed by atoms with van der Waals surface area (Å²) in [5, 5.41) is 3.34. The Kier molecular flexibility index (Phi) is 8.55. The lowest BCUT2D eigenvalue weighted by molar-refractivity contribution is -0.116. The van der Waals surface area contributed by atoms with Crippen LogP contribution in [0.4, 0.5) is 11.4 Å². The van der Waals surface area contributed by atoms with E-state index in [1.54, 1.807) is 18.2 Å². The molecule has 164 valence electrons. The molecule has 2 rings (SSSR count). The number of amides is 1. The van der Waals surface area contributed by atoms with Crippen LogP contribution in [0, 0.1) is 0 Å². The van der Waals surface area contributed by atoms with E-state index in [1.807, 2.05) is 32.0 Å². The number of sulfonamides is 1. The van der Waals surface area contributed by atoms with Crippen molar-refractivity contribution in [1.82, 2.24) is 0 Å². The summed E-state index contributed by atoms with van der Waals surface area (Å²) in [6, 6.07) is 10.8. The Hall–Kier alpha value is -2.25. The van der Waals surface area contributed by atoms with E-state index in [0.29, 0.717) is 22.9 Å². The highest BCUT2D eigenvalue weighted by molar-refractivity contribution is 7.92. The van der Waals surface area contributed by atoms with Crippen molar-refractivity contribution in [1.29, 1.82) is 0 Å². The number of halogens is 1. The second kappa shape index (κ2) is 10.7. The summed E-state index contributed by atoms with van der Waals surface area (Å²) in [5.74, 6) is 0.335. The Labute approximate surface area is 184 Å². The van der Waals surface area contributed by atoms with Gasteiger partial charge in [0.25, 0.3) is 0 Å². The van der Waals surface area contributed by atoms with E-state index < -0.39 is 10.0 Å². The number of para-hydroxylation sites is 1. The third kappa shape index (κ3) is 6.12. The van der Waals surface area contributed by atoms with Gasteiger partial charge in [-0.1, -0.05) is 43.6 Å². The van der Waals surface area contributed by atoms with Gasteiger partial charge in [-0.3, -0.25) is 9.10 Å². The minimum absolute atomic E-state index is 0.133. The Bertz CT molecular complexity index is 970. The van der Waals surface area contributed by atoms with E-state index in [4.69, 9.17) is 16.3 Å². The van der Waals surface area contributed by atoms with E-state index in [-0.39, 0.29) is 18.9 Å². The van der Waals surface area contributed by atoms with Crippen LogP contribution in [0.1, 0.15) is 37.8 Å². The number of anilines is 2. The van der Waals surface area contributed by atoms with E-state index in [9.17, 15) is 13.2 Å². The van der Waals surface area contributed by atoms with Gasteiger partial charge in [0.2, 0.25) is 15.9 Å². The third-order valence-corrected chi connectivity index (χ3v) is 6.34. The van der Waals surface area contributed by atoms with Crippen molar-refractivity contribution in [2.24, 2.45) is 0 Å². The first-order valence-corrected chi connectivity index (χ1v) is 12.2. The van der Waals surface area contributed by atoms with Gasteiger partial charge in [0, 0.05) is 18.7 Å². The van der Waals surface area contributed by atoms with Crippen molar-refractivity contribution < 1.29 is 17.9 Å². The number of rotatable bonds is 10. The normalized spacial score (nSPS) is 11.2. The monoisotopic (exact) mass is 452 g/mol. The highest BCUT2D eigenvalue weighted by Crippen LogP contribution is 2.30. The average Bonchev–Trinajstić information content (AvgIpc) is 2.70. The molecule has 0 saturated carbocycles. The summed E-state index contributed by atoms with van der Waals surface area (Å²) < 4.78 is 30.9. The zero-order chi connectivity index (χ0) is 22.3. The second-order valence-electron chi connectivity index (χ2n) is 6.96. The standard InChI is InChI=1S/C22H29ClN2O4S/c1-5-16-9-7-10-17(6-2)22(16)24-21(26)11-8-14-25(30(4,27)28)18-12-13-20(29-3)19(23)15-18/h7,9-10,12-13,15H,5-6,8,11,14H2,1-4H3,(H,24,26). The molecule has 0 aliphatic carbocycles. The van der Waals surface area contributed by atoms with Crippen LogP contribution in [0.5, 0.6) is 5.75 Å². The number of benzene rings is 2. The molecule has 0 aromatic heterocycles. The molecule has 0 aliphatic rings. The first-order valence-electron chi connectivity index (χ1n) is 9.93. The van der Waals surface area contributed by atoms with Crippen LogP contribution in [0.25, 0.3) is 0 Å². The minimum atomic E-state index is -3.53. The Morgan fingerprint density at radius 2 is 1.77 bits per heavy atom. The highest BCUT2D eigenvalue weighted by Gasteiger charge is 2.19. The molecule has 0 heterocycles. The molecular formula is C22H29ClN2O4S. The highest BCUT2D eigenvalue weighted by atomic mass is 35.5. The molecule has 2 aromatic rings. The zero-order valence-corrected chi connectivity index (χ0v) is 19.4.